The van der Waals surface area contributed by atoms with E-state index in [1.165, 1.54) is 46.1 Å². The third-order valence-electron chi connectivity index (χ3n) is 6.89. The molecule has 0 unspecified atom stereocenters. The van der Waals surface area contributed by atoms with Gasteiger partial charge in [-0.25, -0.2) is 0 Å². The molecule has 6 nitrogen and oxygen atoms in total. The predicted molar refractivity (Wildman–Crippen MR) is 187 cm³/mol. The first-order valence-electron chi connectivity index (χ1n) is 14.8. The SMILES string of the molecule is CCOC(OCC)OCC.CN1/C(=C\C=C\c2sc3ccccc3[n+]2C)Sc2ccccc21.Cc1sc2ccccc2[n+]1C. The van der Waals surface area contributed by atoms with E-state index in [9.17, 15) is 0 Å². The lowest BCUT2D eigenvalue weighted by Gasteiger charge is -2.15. The fourth-order valence-electron chi connectivity index (χ4n) is 4.52. The van der Waals surface area contributed by atoms with E-state index in [1.807, 2.05) is 55.2 Å². The molecule has 0 amide bonds. The molecule has 0 spiro atoms. The highest BCUT2D eigenvalue weighted by atomic mass is 32.2. The highest BCUT2D eigenvalue weighted by Gasteiger charge is 2.20. The maximum Gasteiger partial charge on any atom is 0.271 e. The smallest absolute Gasteiger partial charge is 0.271 e. The van der Waals surface area contributed by atoms with Gasteiger partial charge >= 0.3 is 0 Å². The Morgan fingerprint density at radius 2 is 1.30 bits per heavy atom. The lowest BCUT2D eigenvalue weighted by molar-refractivity contribution is -0.646. The first-order chi connectivity index (χ1) is 21.4. The zero-order chi connectivity index (χ0) is 31.5. The first kappa shape index (κ1) is 33.8. The van der Waals surface area contributed by atoms with Gasteiger partial charge in [0.05, 0.1) is 10.7 Å². The lowest BCUT2D eigenvalue weighted by Crippen LogP contribution is -2.28. The monoisotopic (exact) mass is 649 g/mol. The average molecular weight is 650 g/mol. The summed E-state index contributed by atoms with van der Waals surface area (Å²) in [6.07, 6.45) is 6.53. The highest BCUT2D eigenvalue weighted by Crippen LogP contribution is 2.44. The van der Waals surface area contributed by atoms with Crippen LogP contribution < -0.4 is 14.0 Å². The molecule has 0 radical (unpaired) electrons. The number of anilines is 1. The molecule has 5 aromatic rings. The predicted octanol–water partition coefficient (Wildman–Crippen LogP) is 8.24. The second-order valence-electron chi connectivity index (χ2n) is 9.76. The summed E-state index contributed by atoms with van der Waals surface area (Å²) in [5.74, 6) is 0. The third-order valence-corrected chi connectivity index (χ3v) is 10.4. The van der Waals surface area contributed by atoms with E-state index in [1.54, 1.807) is 0 Å². The minimum absolute atomic E-state index is 0.472. The van der Waals surface area contributed by atoms with Crippen LogP contribution in [0, 0.1) is 6.92 Å². The van der Waals surface area contributed by atoms with Gasteiger partial charge in [-0.15, -0.1) is 0 Å². The Bertz CT molecular complexity index is 1700. The summed E-state index contributed by atoms with van der Waals surface area (Å²) in [5, 5.41) is 3.86. The number of benzene rings is 3. The van der Waals surface area contributed by atoms with Crippen molar-refractivity contribution in [3.8, 4) is 0 Å². The van der Waals surface area contributed by atoms with Gasteiger partial charge in [0.25, 0.3) is 11.5 Å². The first-order valence-corrected chi connectivity index (χ1v) is 17.3. The summed E-state index contributed by atoms with van der Waals surface area (Å²) in [6, 6.07) is 25.5. The van der Waals surface area contributed by atoms with Gasteiger partial charge in [0.15, 0.2) is 0 Å². The molecule has 3 aromatic carbocycles. The molecule has 232 valence electrons. The molecule has 0 saturated heterocycles. The molecule has 44 heavy (non-hydrogen) atoms. The minimum Gasteiger partial charge on any atom is -0.338 e. The van der Waals surface area contributed by atoms with E-state index in [0.29, 0.717) is 19.8 Å². The molecule has 1 aliphatic heterocycles. The van der Waals surface area contributed by atoms with E-state index in [0.717, 1.165) is 0 Å². The minimum atomic E-state index is -0.472. The lowest BCUT2D eigenvalue weighted by atomic mass is 10.3. The van der Waals surface area contributed by atoms with Crippen LogP contribution in [-0.2, 0) is 28.3 Å². The zero-order valence-electron chi connectivity index (χ0n) is 26.7. The van der Waals surface area contributed by atoms with Gasteiger partial charge in [-0.1, -0.05) is 76.9 Å². The summed E-state index contributed by atoms with van der Waals surface area (Å²) >= 11 is 5.48. The second kappa shape index (κ2) is 16.9. The molecule has 9 heteroatoms. The Balaban J connectivity index is 0.000000175. The largest absolute Gasteiger partial charge is 0.338 e. The van der Waals surface area contributed by atoms with Crippen LogP contribution in [0.25, 0.3) is 26.5 Å². The Labute approximate surface area is 273 Å². The highest BCUT2D eigenvalue weighted by molar-refractivity contribution is 8.03. The number of allylic oxidation sites excluding steroid dienone is 2. The average Bonchev–Trinajstić information content (AvgIpc) is 3.64. The van der Waals surface area contributed by atoms with Gasteiger partial charge in [0.1, 0.15) is 23.5 Å². The normalized spacial score (nSPS) is 13.5. The number of thiazole rings is 2. The quantitative estimate of drug-likeness (QED) is 0.125. The van der Waals surface area contributed by atoms with E-state index >= 15 is 0 Å². The topological polar surface area (TPSA) is 38.7 Å². The van der Waals surface area contributed by atoms with E-state index in [4.69, 9.17) is 14.2 Å². The summed E-state index contributed by atoms with van der Waals surface area (Å²) in [7, 11) is 6.35. The number of fused-ring (bicyclic) bond motifs is 3. The third kappa shape index (κ3) is 8.56. The number of aryl methyl sites for hydroxylation is 3. The van der Waals surface area contributed by atoms with E-state index < -0.39 is 6.48 Å². The van der Waals surface area contributed by atoms with Gasteiger partial charge in [0, 0.05) is 56.9 Å². The van der Waals surface area contributed by atoms with Crippen molar-refractivity contribution in [1.82, 2.24) is 0 Å². The van der Waals surface area contributed by atoms with Gasteiger partial charge in [0.2, 0.25) is 16.0 Å². The van der Waals surface area contributed by atoms with Crippen molar-refractivity contribution in [2.24, 2.45) is 14.1 Å². The van der Waals surface area contributed by atoms with E-state index in [-0.39, 0.29) is 0 Å². The zero-order valence-corrected chi connectivity index (χ0v) is 29.1. The number of para-hydroxylation sites is 3. The van der Waals surface area contributed by atoms with Crippen molar-refractivity contribution < 1.29 is 23.3 Å². The maximum atomic E-state index is 5.08. The molecule has 1 aliphatic rings. The Hall–Kier alpha value is -3.05. The molecule has 2 aromatic heterocycles. The van der Waals surface area contributed by atoms with Crippen molar-refractivity contribution in [3.63, 3.8) is 0 Å². The molecular weight excluding hydrogens is 607 g/mol. The molecule has 0 atom stereocenters. The summed E-state index contributed by atoms with van der Waals surface area (Å²) in [5.41, 5.74) is 3.89. The fourth-order valence-corrected chi connectivity index (χ4v) is 7.65. The molecular formula is C35H43N3O3S3+2. The molecule has 0 aliphatic carbocycles. The van der Waals surface area contributed by atoms with Crippen molar-refractivity contribution in [2.75, 3.05) is 31.8 Å². The summed E-state index contributed by atoms with van der Waals surface area (Å²) < 4.78 is 22.4. The maximum absolute atomic E-state index is 5.08. The van der Waals surface area contributed by atoms with Gasteiger partial charge in [-0.05, 0) is 51.1 Å². The molecule has 0 saturated carbocycles. The standard InChI is InChI=1S/C19H17N2S2.C9H10NS.C7H16O3/c1-20-14-8-3-5-10-16(14)22-18(20)12-7-13-19-21(2)15-9-4-6-11-17(15)23-19;1-7-10(2)8-5-3-4-6-9(8)11-7;1-4-8-7(9-5-2)10-6-3/h3-13H,1-2H3;3-6H,1-2H3;7H,4-6H2,1-3H3/q2*+1;. The van der Waals surface area contributed by atoms with Crippen LogP contribution in [0.15, 0.2) is 94.9 Å². The summed E-state index contributed by atoms with van der Waals surface area (Å²) in [4.78, 5) is 3.57. The van der Waals surface area contributed by atoms with Crippen molar-refractivity contribution in [1.29, 1.82) is 0 Å². The van der Waals surface area contributed by atoms with Crippen molar-refractivity contribution in [3.05, 3.63) is 100.0 Å². The number of thioether (sulfide) groups is 1. The Morgan fingerprint density at radius 1 is 0.750 bits per heavy atom. The molecule has 0 bridgehead atoms. The Morgan fingerprint density at radius 3 is 1.86 bits per heavy atom. The fraction of sp³-hybridized carbons (Fsp3) is 0.314. The van der Waals surface area contributed by atoms with Crippen molar-refractivity contribution in [2.45, 2.75) is 39.1 Å². The Kier molecular flexibility index (Phi) is 13.0. The number of aromatic nitrogens is 2. The van der Waals surface area contributed by atoms with E-state index in [2.05, 4.69) is 133 Å². The number of hydrogen-bond acceptors (Lipinski definition) is 7. The second-order valence-corrected chi connectivity index (χ2v) is 13.1. The van der Waals surface area contributed by atoms with Crippen LogP contribution in [0.2, 0.25) is 0 Å². The van der Waals surface area contributed by atoms with Gasteiger partial charge in [-0.2, -0.15) is 9.13 Å². The van der Waals surface area contributed by atoms with Gasteiger partial charge in [-0.3, -0.25) is 0 Å². The van der Waals surface area contributed by atoms with Crippen LogP contribution in [0.1, 0.15) is 30.8 Å². The molecule has 6 rings (SSSR count). The van der Waals surface area contributed by atoms with Crippen LogP contribution in [-0.4, -0.2) is 33.3 Å². The molecule has 0 fully saturated rings. The van der Waals surface area contributed by atoms with Crippen molar-refractivity contribution >= 4 is 66.6 Å². The van der Waals surface area contributed by atoms with Crippen LogP contribution in [0.3, 0.4) is 0 Å². The number of rotatable bonds is 8. The van der Waals surface area contributed by atoms with Gasteiger partial charge < -0.3 is 19.1 Å². The summed E-state index contributed by atoms with van der Waals surface area (Å²) in [6.45, 7) is 9.24. The van der Waals surface area contributed by atoms with Crippen LogP contribution >= 0.6 is 34.4 Å². The number of hydrogen-bond donors (Lipinski definition) is 0. The number of ether oxygens (including phenoxy) is 3. The molecule has 3 heterocycles. The van der Waals surface area contributed by atoms with Crippen LogP contribution in [0.5, 0.6) is 0 Å². The van der Waals surface area contributed by atoms with Crippen LogP contribution in [0.4, 0.5) is 5.69 Å². The molecule has 0 N–H and O–H groups in total. The number of nitrogens with zero attached hydrogens (tertiary/aromatic N) is 3.